The zero-order chi connectivity index (χ0) is 10.0. The van der Waals surface area contributed by atoms with E-state index in [2.05, 4.69) is 10.6 Å². The summed E-state index contributed by atoms with van der Waals surface area (Å²) in [5, 5.41) is 6.29. The highest BCUT2D eigenvalue weighted by molar-refractivity contribution is 5.79. The van der Waals surface area contributed by atoms with E-state index in [0.717, 1.165) is 25.9 Å². The second kappa shape index (κ2) is 3.89. The van der Waals surface area contributed by atoms with Crippen LogP contribution < -0.4 is 10.6 Å². The number of rotatable bonds is 5. The quantitative estimate of drug-likeness (QED) is 0.686. The Morgan fingerprint density at radius 2 is 2.07 bits per heavy atom. The van der Waals surface area contributed by atoms with Gasteiger partial charge in [-0.25, -0.2) is 0 Å². The van der Waals surface area contributed by atoms with Crippen LogP contribution in [-0.2, 0) is 4.79 Å². The van der Waals surface area contributed by atoms with Crippen LogP contribution in [0.15, 0.2) is 0 Å². The summed E-state index contributed by atoms with van der Waals surface area (Å²) in [5.41, 5.74) is 0.397. The van der Waals surface area contributed by atoms with E-state index < -0.39 is 0 Å². The maximum absolute atomic E-state index is 11.6. The first-order valence-corrected chi connectivity index (χ1v) is 5.68. The van der Waals surface area contributed by atoms with Gasteiger partial charge in [-0.15, -0.1) is 0 Å². The standard InChI is InChI=1S/C11H20N2O/c1-12-7-11(5-6-11)8-13-10(14)9-3-2-4-9/h9,12H,2-8H2,1H3,(H,13,14). The van der Waals surface area contributed by atoms with Gasteiger partial charge in [0, 0.05) is 24.4 Å². The first kappa shape index (κ1) is 9.97. The van der Waals surface area contributed by atoms with Crippen LogP contribution in [-0.4, -0.2) is 26.0 Å². The number of amides is 1. The molecule has 0 radical (unpaired) electrons. The van der Waals surface area contributed by atoms with Crippen LogP contribution in [0.25, 0.3) is 0 Å². The molecule has 3 nitrogen and oxygen atoms in total. The largest absolute Gasteiger partial charge is 0.355 e. The van der Waals surface area contributed by atoms with Crippen molar-refractivity contribution in [3.63, 3.8) is 0 Å². The topological polar surface area (TPSA) is 41.1 Å². The first-order chi connectivity index (χ1) is 6.76. The summed E-state index contributed by atoms with van der Waals surface area (Å²) in [6.45, 7) is 1.92. The first-order valence-electron chi connectivity index (χ1n) is 5.68. The minimum absolute atomic E-state index is 0.290. The molecule has 1 amide bonds. The summed E-state index contributed by atoms with van der Waals surface area (Å²) >= 11 is 0. The van der Waals surface area contributed by atoms with Crippen molar-refractivity contribution >= 4 is 5.91 Å². The second-order valence-electron chi connectivity index (χ2n) is 4.88. The fourth-order valence-corrected chi connectivity index (χ4v) is 2.06. The van der Waals surface area contributed by atoms with Gasteiger partial charge in [0.15, 0.2) is 0 Å². The number of nitrogens with one attached hydrogen (secondary N) is 2. The molecule has 3 heteroatoms. The highest BCUT2D eigenvalue weighted by atomic mass is 16.1. The van der Waals surface area contributed by atoms with E-state index in [1.807, 2.05) is 7.05 Å². The SMILES string of the molecule is CNCC1(CNC(=O)C2CCC2)CC1. The van der Waals surface area contributed by atoms with Gasteiger partial charge in [-0.3, -0.25) is 4.79 Å². The number of hydrogen-bond donors (Lipinski definition) is 2. The van der Waals surface area contributed by atoms with E-state index in [0.29, 0.717) is 17.2 Å². The molecule has 2 rings (SSSR count). The maximum atomic E-state index is 11.6. The predicted molar refractivity (Wildman–Crippen MR) is 55.9 cm³/mol. The Morgan fingerprint density at radius 3 is 2.50 bits per heavy atom. The van der Waals surface area contributed by atoms with Gasteiger partial charge in [0.2, 0.25) is 5.91 Å². The van der Waals surface area contributed by atoms with Gasteiger partial charge in [0.25, 0.3) is 0 Å². The molecule has 0 aromatic carbocycles. The average molecular weight is 196 g/mol. The second-order valence-corrected chi connectivity index (χ2v) is 4.88. The average Bonchev–Trinajstić information content (AvgIpc) is 2.80. The smallest absolute Gasteiger partial charge is 0.223 e. The molecule has 0 saturated heterocycles. The summed E-state index contributed by atoms with van der Waals surface area (Å²) < 4.78 is 0. The molecule has 0 aliphatic heterocycles. The summed E-state index contributed by atoms with van der Waals surface area (Å²) in [6, 6.07) is 0. The van der Waals surface area contributed by atoms with Crippen molar-refractivity contribution in [2.24, 2.45) is 11.3 Å². The molecule has 0 spiro atoms. The van der Waals surface area contributed by atoms with Gasteiger partial charge < -0.3 is 10.6 Å². The third-order valence-electron chi connectivity index (χ3n) is 3.62. The Hall–Kier alpha value is -0.570. The van der Waals surface area contributed by atoms with Gasteiger partial charge in [-0.1, -0.05) is 6.42 Å². The van der Waals surface area contributed by atoms with Crippen LogP contribution in [0.2, 0.25) is 0 Å². The van der Waals surface area contributed by atoms with E-state index >= 15 is 0 Å². The highest BCUT2D eigenvalue weighted by Gasteiger charge is 2.42. The van der Waals surface area contributed by atoms with Crippen molar-refractivity contribution in [3.05, 3.63) is 0 Å². The van der Waals surface area contributed by atoms with Crippen molar-refractivity contribution in [3.8, 4) is 0 Å². The highest BCUT2D eigenvalue weighted by Crippen LogP contribution is 2.44. The van der Waals surface area contributed by atoms with Crippen LogP contribution >= 0.6 is 0 Å². The molecule has 0 unspecified atom stereocenters. The molecule has 2 aliphatic rings. The van der Waals surface area contributed by atoms with Gasteiger partial charge in [-0.05, 0) is 32.7 Å². The maximum Gasteiger partial charge on any atom is 0.223 e. The minimum atomic E-state index is 0.290. The lowest BCUT2D eigenvalue weighted by Gasteiger charge is -2.25. The molecule has 2 fully saturated rings. The van der Waals surface area contributed by atoms with Crippen molar-refractivity contribution in [1.82, 2.24) is 10.6 Å². The van der Waals surface area contributed by atoms with Crippen molar-refractivity contribution < 1.29 is 4.79 Å². The molecule has 0 heterocycles. The summed E-state index contributed by atoms with van der Waals surface area (Å²) in [6.07, 6.45) is 5.97. The van der Waals surface area contributed by atoms with Gasteiger partial charge in [0.05, 0.1) is 0 Å². The minimum Gasteiger partial charge on any atom is -0.355 e. The summed E-state index contributed by atoms with van der Waals surface area (Å²) in [4.78, 5) is 11.6. The Balaban J connectivity index is 1.68. The number of carbonyl (C=O) groups excluding carboxylic acids is 1. The lowest BCUT2D eigenvalue weighted by molar-refractivity contribution is -0.127. The Morgan fingerprint density at radius 1 is 1.36 bits per heavy atom. The van der Waals surface area contributed by atoms with E-state index in [9.17, 15) is 4.79 Å². The zero-order valence-electron chi connectivity index (χ0n) is 8.94. The Bertz CT molecular complexity index is 219. The monoisotopic (exact) mass is 196 g/mol. The van der Waals surface area contributed by atoms with Crippen molar-refractivity contribution in [2.75, 3.05) is 20.1 Å². The van der Waals surface area contributed by atoms with E-state index in [4.69, 9.17) is 0 Å². The lowest BCUT2D eigenvalue weighted by atomic mass is 9.84. The summed E-state index contributed by atoms with van der Waals surface area (Å²) in [7, 11) is 1.98. The van der Waals surface area contributed by atoms with Crippen LogP contribution in [0.1, 0.15) is 32.1 Å². The van der Waals surface area contributed by atoms with E-state index in [1.54, 1.807) is 0 Å². The molecule has 0 bridgehead atoms. The van der Waals surface area contributed by atoms with Gasteiger partial charge in [-0.2, -0.15) is 0 Å². The molecule has 0 aromatic rings. The molecule has 0 atom stereocenters. The lowest BCUT2D eigenvalue weighted by Crippen LogP contribution is -2.39. The Kier molecular flexibility index (Phi) is 2.77. The molecular formula is C11H20N2O. The van der Waals surface area contributed by atoms with Crippen molar-refractivity contribution in [1.29, 1.82) is 0 Å². The fourth-order valence-electron chi connectivity index (χ4n) is 2.06. The zero-order valence-corrected chi connectivity index (χ0v) is 8.94. The van der Waals surface area contributed by atoms with Crippen LogP contribution in [0.5, 0.6) is 0 Å². The van der Waals surface area contributed by atoms with Crippen molar-refractivity contribution in [2.45, 2.75) is 32.1 Å². The number of hydrogen-bond acceptors (Lipinski definition) is 2. The van der Waals surface area contributed by atoms with Gasteiger partial charge >= 0.3 is 0 Å². The molecule has 0 aromatic heterocycles. The molecule has 80 valence electrons. The van der Waals surface area contributed by atoms with Crippen LogP contribution in [0.3, 0.4) is 0 Å². The molecule has 2 aliphatic carbocycles. The number of carbonyl (C=O) groups is 1. The third-order valence-corrected chi connectivity index (χ3v) is 3.62. The van der Waals surface area contributed by atoms with Crippen LogP contribution in [0, 0.1) is 11.3 Å². The normalized spacial score (nSPS) is 24.1. The van der Waals surface area contributed by atoms with E-state index in [-0.39, 0.29) is 0 Å². The predicted octanol–water partition coefficient (Wildman–Crippen LogP) is 0.902. The summed E-state index contributed by atoms with van der Waals surface area (Å²) in [5.74, 6) is 0.624. The molecule has 14 heavy (non-hydrogen) atoms. The molecule has 2 saturated carbocycles. The molecular weight excluding hydrogens is 176 g/mol. The fraction of sp³-hybridized carbons (Fsp3) is 0.909. The van der Waals surface area contributed by atoms with Gasteiger partial charge in [0.1, 0.15) is 0 Å². The van der Waals surface area contributed by atoms with E-state index in [1.165, 1.54) is 19.3 Å². The third kappa shape index (κ3) is 2.08. The molecule has 2 N–H and O–H groups in total. The Labute approximate surface area is 85.6 Å². The van der Waals surface area contributed by atoms with Crippen LogP contribution in [0.4, 0.5) is 0 Å².